The number of hydrogen-bond donors (Lipinski definition) is 2. The van der Waals surface area contributed by atoms with Crippen LogP contribution in [0.4, 0.5) is 0 Å². The highest BCUT2D eigenvalue weighted by Gasteiger charge is 2.17. The second kappa shape index (κ2) is 4.70. The summed E-state index contributed by atoms with van der Waals surface area (Å²) in [5, 5.41) is 9.33. The van der Waals surface area contributed by atoms with Crippen LogP contribution in [0.3, 0.4) is 0 Å². The summed E-state index contributed by atoms with van der Waals surface area (Å²) in [6.45, 7) is 1.91. The van der Waals surface area contributed by atoms with E-state index in [1.807, 2.05) is 6.07 Å². The van der Waals surface area contributed by atoms with Gasteiger partial charge in [0.25, 0.3) is 0 Å². The SMILES string of the molecule is C[C@H](O)[C@H](N)c1ccc2c(c1)OCO2.Cl. The average Bonchev–Trinajstić information content (AvgIpc) is 2.62. The summed E-state index contributed by atoms with van der Waals surface area (Å²) >= 11 is 0. The second-order valence-electron chi connectivity index (χ2n) is 3.38. The Hall–Kier alpha value is -0.970. The van der Waals surface area contributed by atoms with Gasteiger partial charge in [0.15, 0.2) is 11.5 Å². The fourth-order valence-electron chi connectivity index (χ4n) is 1.40. The van der Waals surface area contributed by atoms with Gasteiger partial charge >= 0.3 is 0 Å². The van der Waals surface area contributed by atoms with Crippen LogP contribution in [0.25, 0.3) is 0 Å². The van der Waals surface area contributed by atoms with Crippen molar-refractivity contribution in [2.45, 2.75) is 19.1 Å². The summed E-state index contributed by atoms with van der Waals surface area (Å²) in [6.07, 6.45) is -0.574. The zero-order valence-corrected chi connectivity index (χ0v) is 9.16. The molecular formula is C10H14ClNO3. The van der Waals surface area contributed by atoms with Gasteiger partial charge in [-0.05, 0) is 24.6 Å². The summed E-state index contributed by atoms with van der Waals surface area (Å²) in [7, 11) is 0. The third-order valence-corrected chi connectivity index (χ3v) is 2.30. The molecule has 0 radical (unpaired) electrons. The van der Waals surface area contributed by atoms with Crippen LogP contribution in [0, 0.1) is 0 Å². The number of ether oxygens (including phenoxy) is 2. The van der Waals surface area contributed by atoms with Crippen molar-refractivity contribution >= 4 is 12.4 Å². The number of aliphatic hydroxyl groups is 1. The number of rotatable bonds is 2. The van der Waals surface area contributed by atoms with Crippen LogP contribution in [-0.4, -0.2) is 18.0 Å². The Morgan fingerprint density at radius 2 is 2.00 bits per heavy atom. The molecule has 2 rings (SSSR count). The Morgan fingerprint density at radius 3 is 2.67 bits per heavy atom. The molecule has 0 amide bonds. The number of halogens is 1. The zero-order chi connectivity index (χ0) is 10.1. The van der Waals surface area contributed by atoms with Crippen LogP contribution in [0.2, 0.25) is 0 Å². The maximum atomic E-state index is 9.33. The zero-order valence-electron chi connectivity index (χ0n) is 8.34. The van der Waals surface area contributed by atoms with Gasteiger partial charge in [-0.1, -0.05) is 6.07 Å². The molecule has 1 aliphatic heterocycles. The number of hydrogen-bond acceptors (Lipinski definition) is 4. The van der Waals surface area contributed by atoms with Crippen LogP contribution in [0.1, 0.15) is 18.5 Å². The lowest BCUT2D eigenvalue weighted by atomic mass is 10.0. The molecule has 0 fully saturated rings. The molecule has 0 spiro atoms. The first-order chi connectivity index (χ1) is 6.68. The Morgan fingerprint density at radius 1 is 1.33 bits per heavy atom. The third kappa shape index (κ3) is 2.34. The van der Waals surface area contributed by atoms with Crippen molar-refractivity contribution in [3.05, 3.63) is 23.8 Å². The molecule has 2 atom stereocenters. The van der Waals surface area contributed by atoms with Crippen molar-refractivity contribution in [2.75, 3.05) is 6.79 Å². The topological polar surface area (TPSA) is 64.7 Å². The van der Waals surface area contributed by atoms with Crippen molar-refractivity contribution in [3.63, 3.8) is 0 Å². The molecule has 4 nitrogen and oxygen atoms in total. The minimum Gasteiger partial charge on any atom is -0.454 e. The van der Waals surface area contributed by atoms with Crippen LogP contribution in [0.5, 0.6) is 11.5 Å². The van der Waals surface area contributed by atoms with Crippen molar-refractivity contribution in [1.82, 2.24) is 0 Å². The van der Waals surface area contributed by atoms with Crippen LogP contribution < -0.4 is 15.2 Å². The first-order valence-electron chi connectivity index (χ1n) is 4.51. The fourth-order valence-corrected chi connectivity index (χ4v) is 1.40. The van der Waals surface area contributed by atoms with Gasteiger partial charge in [0.2, 0.25) is 6.79 Å². The minimum atomic E-state index is -0.574. The first kappa shape index (κ1) is 12.1. The molecule has 84 valence electrons. The highest BCUT2D eigenvalue weighted by molar-refractivity contribution is 5.85. The van der Waals surface area contributed by atoms with Gasteiger partial charge in [0.1, 0.15) is 0 Å². The molecule has 1 aromatic rings. The van der Waals surface area contributed by atoms with Gasteiger partial charge in [-0.2, -0.15) is 0 Å². The molecule has 3 N–H and O–H groups in total. The van der Waals surface area contributed by atoms with Gasteiger partial charge in [-0.25, -0.2) is 0 Å². The van der Waals surface area contributed by atoms with E-state index in [1.165, 1.54) is 0 Å². The molecule has 0 saturated heterocycles. The molecule has 0 saturated carbocycles. The maximum Gasteiger partial charge on any atom is 0.231 e. The van der Waals surface area contributed by atoms with E-state index in [-0.39, 0.29) is 25.2 Å². The second-order valence-corrected chi connectivity index (χ2v) is 3.38. The number of benzene rings is 1. The summed E-state index contributed by atoms with van der Waals surface area (Å²) in [5.41, 5.74) is 6.64. The predicted molar refractivity (Wildman–Crippen MR) is 58.4 cm³/mol. The molecule has 15 heavy (non-hydrogen) atoms. The van der Waals surface area contributed by atoms with E-state index in [2.05, 4.69) is 0 Å². The summed E-state index contributed by atoms with van der Waals surface area (Å²) in [4.78, 5) is 0. The molecule has 1 heterocycles. The highest BCUT2D eigenvalue weighted by atomic mass is 35.5. The lowest BCUT2D eigenvalue weighted by Crippen LogP contribution is -2.22. The number of nitrogens with two attached hydrogens (primary N) is 1. The lowest BCUT2D eigenvalue weighted by molar-refractivity contribution is 0.164. The Labute approximate surface area is 94.4 Å². The molecule has 1 aromatic carbocycles. The molecule has 1 aliphatic rings. The van der Waals surface area contributed by atoms with Gasteiger partial charge in [0.05, 0.1) is 12.1 Å². The summed E-state index contributed by atoms with van der Waals surface area (Å²) in [6, 6.07) is 5.06. The normalized spacial score (nSPS) is 16.7. The largest absolute Gasteiger partial charge is 0.454 e. The van der Waals surface area contributed by atoms with E-state index in [9.17, 15) is 5.11 Å². The van der Waals surface area contributed by atoms with E-state index in [0.29, 0.717) is 5.75 Å². The van der Waals surface area contributed by atoms with Crippen molar-refractivity contribution in [3.8, 4) is 11.5 Å². The van der Waals surface area contributed by atoms with Gasteiger partial charge < -0.3 is 20.3 Å². The molecule has 0 aliphatic carbocycles. The predicted octanol–water partition coefficient (Wildman–Crippen LogP) is 1.22. The van der Waals surface area contributed by atoms with Crippen LogP contribution in [0.15, 0.2) is 18.2 Å². The van der Waals surface area contributed by atoms with Crippen molar-refractivity contribution in [1.29, 1.82) is 0 Å². The highest BCUT2D eigenvalue weighted by Crippen LogP contribution is 2.34. The van der Waals surface area contributed by atoms with E-state index in [1.54, 1.807) is 19.1 Å². The molecule has 0 bridgehead atoms. The summed E-state index contributed by atoms with van der Waals surface area (Å²) < 4.78 is 10.4. The van der Waals surface area contributed by atoms with E-state index >= 15 is 0 Å². The average molecular weight is 232 g/mol. The lowest BCUT2D eigenvalue weighted by Gasteiger charge is -2.15. The summed E-state index contributed by atoms with van der Waals surface area (Å²) in [5.74, 6) is 1.42. The maximum absolute atomic E-state index is 9.33. The number of aliphatic hydroxyl groups excluding tert-OH is 1. The van der Waals surface area contributed by atoms with Gasteiger partial charge in [-0.15, -0.1) is 12.4 Å². The Kier molecular flexibility index (Phi) is 3.79. The quantitative estimate of drug-likeness (QED) is 0.803. The standard InChI is InChI=1S/C10H13NO3.ClH/c1-6(12)10(11)7-2-3-8-9(4-7)14-5-13-8;/h2-4,6,10,12H,5,11H2,1H3;1H/t6-,10-;/m0./s1. The van der Waals surface area contributed by atoms with Gasteiger partial charge in [0, 0.05) is 0 Å². The molecule has 0 unspecified atom stereocenters. The van der Waals surface area contributed by atoms with Crippen molar-refractivity contribution < 1.29 is 14.6 Å². The van der Waals surface area contributed by atoms with Crippen LogP contribution in [-0.2, 0) is 0 Å². The Bertz CT molecular complexity index is 343. The van der Waals surface area contributed by atoms with Gasteiger partial charge in [-0.3, -0.25) is 0 Å². The third-order valence-electron chi connectivity index (χ3n) is 2.30. The van der Waals surface area contributed by atoms with E-state index in [4.69, 9.17) is 15.2 Å². The van der Waals surface area contributed by atoms with E-state index in [0.717, 1.165) is 11.3 Å². The minimum absolute atomic E-state index is 0. The van der Waals surface area contributed by atoms with E-state index < -0.39 is 6.10 Å². The Balaban J connectivity index is 0.00000112. The fraction of sp³-hybridized carbons (Fsp3) is 0.400. The molecule has 0 aromatic heterocycles. The van der Waals surface area contributed by atoms with Crippen molar-refractivity contribution in [2.24, 2.45) is 5.73 Å². The first-order valence-corrected chi connectivity index (χ1v) is 4.51. The smallest absolute Gasteiger partial charge is 0.231 e. The number of fused-ring (bicyclic) bond motifs is 1. The monoisotopic (exact) mass is 231 g/mol. The molecule has 5 heteroatoms. The molecular weight excluding hydrogens is 218 g/mol. The van der Waals surface area contributed by atoms with Crippen LogP contribution >= 0.6 is 12.4 Å².